The molecule has 0 spiro atoms. The molecular formula is C14H25NO2. The second-order valence-electron chi connectivity index (χ2n) is 6.56. The molecule has 1 saturated carbocycles. The molecule has 0 aromatic carbocycles. The van der Waals surface area contributed by atoms with Gasteiger partial charge in [0.2, 0.25) is 0 Å². The molecule has 1 heterocycles. The minimum absolute atomic E-state index is 0.0814. The van der Waals surface area contributed by atoms with Crippen LogP contribution in [0.4, 0.5) is 4.79 Å². The predicted molar refractivity (Wildman–Crippen MR) is 67.9 cm³/mol. The summed E-state index contributed by atoms with van der Waals surface area (Å²) in [4.78, 5) is 13.8. The third-order valence-electron chi connectivity index (χ3n) is 4.30. The molecule has 2 rings (SSSR count). The third kappa shape index (κ3) is 3.14. The monoisotopic (exact) mass is 239 g/mol. The van der Waals surface area contributed by atoms with Crippen LogP contribution in [-0.4, -0.2) is 30.2 Å². The van der Waals surface area contributed by atoms with E-state index in [1.807, 2.05) is 4.90 Å². The number of carbonyl (C=O) groups is 1. The third-order valence-corrected chi connectivity index (χ3v) is 4.30. The van der Waals surface area contributed by atoms with E-state index in [0.717, 1.165) is 44.7 Å². The molecule has 0 unspecified atom stereocenters. The highest BCUT2D eigenvalue weighted by molar-refractivity contribution is 5.68. The average molecular weight is 239 g/mol. The van der Waals surface area contributed by atoms with Gasteiger partial charge in [0.15, 0.2) is 0 Å². The molecule has 0 radical (unpaired) electrons. The zero-order valence-electron chi connectivity index (χ0n) is 11.4. The second-order valence-corrected chi connectivity index (χ2v) is 6.56. The zero-order valence-corrected chi connectivity index (χ0v) is 11.4. The molecule has 1 saturated heterocycles. The summed E-state index contributed by atoms with van der Waals surface area (Å²) in [5.41, 5.74) is 0.365. The Morgan fingerprint density at radius 1 is 1.12 bits per heavy atom. The molecule has 0 N–H and O–H groups in total. The van der Waals surface area contributed by atoms with E-state index in [9.17, 15) is 4.79 Å². The Hall–Kier alpha value is -0.730. The van der Waals surface area contributed by atoms with Crippen molar-refractivity contribution in [3.05, 3.63) is 0 Å². The Morgan fingerprint density at radius 2 is 1.71 bits per heavy atom. The molecule has 98 valence electrons. The maximum absolute atomic E-state index is 11.9. The number of amides is 1. The maximum atomic E-state index is 11.9. The molecule has 0 atom stereocenters. The summed E-state index contributed by atoms with van der Waals surface area (Å²) in [5, 5.41) is 0. The molecule has 0 aromatic heterocycles. The maximum Gasteiger partial charge on any atom is 0.410 e. The predicted octanol–water partition coefficient (Wildman–Crippen LogP) is 3.43. The van der Waals surface area contributed by atoms with Gasteiger partial charge in [-0.1, -0.05) is 20.8 Å². The summed E-state index contributed by atoms with van der Waals surface area (Å²) in [7, 11) is 0. The van der Waals surface area contributed by atoms with E-state index in [2.05, 4.69) is 20.8 Å². The van der Waals surface area contributed by atoms with Crippen LogP contribution < -0.4 is 0 Å². The summed E-state index contributed by atoms with van der Waals surface area (Å²) in [6.07, 6.45) is 5.69. The molecular weight excluding hydrogens is 214 g/mol. The fraction of sp³-hybridized carbons (Fsp3) is 0.929. The summed E-state index contributed by atoms with van der Waals surface area (Å²) in [6, 6.07) is 0. The highest BCUT2D eigenvalue weighted by Crippen LogP contribution is 2.34. The summed E-state index contributed by atoms with van der Waals surface area (Å²) >= 11 is 0. The van der Waals surface area contributed by atoms with Gasteiger partial charge in [0.05, 0.1) is 0 Å². The highest BCUT2D eigenvalue weighted by atomic mass is 16.6. The van der Waals surface area contributed by atoms with Gasteiger partial charge < -0.3 is 9.64 Å². The molecule has 3 nitrogen and oxygen atoms in total. The number of ether oxygens (including phenoxy) is 1. The van der Waals surface area contributed by atoms with Crippen molar-refractivity contribution in [2.24, 2.45) is 11.3 Å². The van der Waals surface area contributed by atoms with E-state index in [0.29, 0.717) is 5.41 Å². The van der Waals surface area contributed by atoms with Gasteiger partial charge >= 0.3 is 6.09 Å². The number of carbonyl (C=O) groups excluding carboxylic acids is 1. The number of nitrogens with zero attached hydrogens (tertiary/aromatic N) is 1. The van der Waals surface area contributed by atoms with E-state index in [-0.39, 0.29) is 12.2 Å². The van der Waals surface area contributed by atoms with Crippen LogP contribution in [0.5, 0.6) is 0 Å². The number of hydrogen-bond donors (Lipinski definition) is 0. The molecule has 0 bridgehead atoms. The van der Waals surface area contributed by atoms with E-state index in [1.165, 1.54) is 6.42 Å². The standard InChI is InChI=1S/C14H25NO2/c1-14(2,3)11-7-9-15(10-8-11)13(16)17-12-5-4-6-12/h11-12H,4-10H2,1-3H3. The molecule has 1 aliphatic heterocycles. The fourth-order valence-electron chi connectivity index (χ4n) is 2.63. The van der Waals surface area contributed by atoms with E-state index >= 15 is 0 Å². The van der Waals surface area contributed by atoms with Gasteiger partial charge in [0.1, 0.15) is 6.10 Å². The van der Waals surface area contributed by atoms with Crippen LogP contribution in [0.25, 0.3) is 0 Å². The van der Waals surface area contributed by atoms with E-state index in [4.69, 9.17) is 4.74 Å². The minimum atomic E-state index is -0.0814. The molecule has 2 fully saturated rings. The van der Waals surface area contributed by atoms with Crippen molar-refractivity contribution in [1.29, 1.82) is 0 Å². The molecule has 1 aliphatic carbocycles. The zero-order chi connectivity index (χ0) is 12.5. The lowest BCUT2D eigenvalue weighted by atomic mass is 9.75. The van der Waals surface area contributed by atoms with Crippen LogP contribution >= 0.6 is 0 Å². The van der Waals surface area contributed by atoms with Gasteiger partial charge in [0.25, 0.3) is 0 Å². The average Bonchev–Trinajstić information content (AvgIpc) is 2.22. The molecule has 3 heteroatoms. The number of likely N-dealkylation sites (tertiary alicyclic amines) is 1. The van der Waals surface area contributed by atoms with Crippen LogP contribution in [0.3, 0.4) is 0 Å². The van der Waals surface area contributed by atoms with Crippen LogP contribution in [0.1, 0.15) is 52.9 Å². The lowest BCUT2D eigenvalue weighted by Gasteiger charge is -2.39. The SMILES string of the molecule is CC(C)(C)C1CCN(C(=O)OC2CCC2)CC1. The van der Waals surface area contributed by atoms with Gasteiger partial charge in [-0.05, 0) is 43.4 Å². The van der Waals surface area contributed by atoms with Crippen molar-refractivity contribution in [2.75, 3.05) is 13.1 Å². The number of rotatable bonds is 1. The summed E-state index contributed by atoms with van der Waals surface area (Å²) in [5.74, 6) is 0.732. The fourth-order valence-corrected chi connectivity index (χ4v) is 2.63. The van der Waals surface area contributed by atoms with Gasteiger partial charge in [-0.15, -0.1) is 0 Å². The normalized spacial score (nSPS) is 23.4. The van der Waals surface area contributed by atoms with Crippen molar-refractivity contribution in [2.45, 2.75) is 59.0 Å². The number of piperidine rings is 1. The van der Waals surface area contributed by atoms with Gasteiger partial charge in [-0.2, -0.15) is 0 Å². The lowest BCUT2D eigenvalue weighted by Crippen LogP contribution is -2.43. The molecule has 17 heavy (non-hydrogen) atoms. The smallest absolute Gasteiger partial charge is 0.410 e. The number of hydrogen-bond acceptors (Lipinski definition) is 2. The van der Waals surface area contributed by atoms with Crippen LogP contribution in [0.15, 0.2) is 0 Å². The van der Waals surface area contributed by atoms with E-state index in [1.54, 1.807) is 0 Å². The van der Waals surface area contributed by atoms with Crippen molar-refractivity contribution in [1.82, 2.24) is 4.90 Å². The molecule has 0 aromatic rings. The van der Waals surface area contributed by atoms with Gasteiger partial charge in [-0.3, -0.25) is 0 Å². The molecule has 2 aliphatic rings. The molecule has 1 amide bonds. The largest absolute Gasteiger partial charge is 0.446 e. The first kappa shape index (κ1) is 12.7. The van der Waals surface area contributed by atoms with Gasteiger partial charge in [-0.25, -0.2) is 4.79 Å². The Labute approximate surface area is 105 Å². The van der Waals surface area contributed by atoms with Crippen molar-refractivity contribution >= 4 is 6.09 Å². The van der Waals surface area contributed by atoms with Crippen molar-refractivity contribution in [3.63, 3.8) is 0 Å². The Morgan fingerprint density at radius 3 is 2.12 bits per heavy atom. The van der Waals surface area contributed by atoms with Crippen LogP contribution in [0.2, 0.25) is 0 Å². The first-order valence-electron chi connectivity index (χ1n) is 6.92. The first-order chi connectivity index (χ1) is 7.97. The van der Waals surface area contributed by atoms with Crippen LogP contribution in [0, 0.1) is 11.3 Å². The van der Waals surface area contributed by atoms with Crippen LogP contribution in [-0.2, 0) is 4.74 Å². The summed E-state index contributed by atoms with van der Waals surface area (Å²) in [6.45, 7) is 8.61. The van der Waals surface area contributed by atoms with E-state index < -0.39 is 0 Å². The first-order valence-corrected chi connectivity index (χ1v) is 6.92. The van der Waals surface area contributed by atoms with Crippen molar-refractivity contribution < 1.29 is 9.53 Å². The Kier molecular flexibility index (Phi) is 3.64. The lowest BCUT2D eigenvalue weighted by molar-refractivity contribution is 0.0151. The Bertz CT molecular complexity index is 270. The van der Waals surface area contributed by atoms with Crippen molar-refractivity contribution in [3.8, 4) is 0 Å². The van der Waals surface area contributed by atoms with Gasteiger partial charge in [0, 0.05) is 13.1 Å². The highest BCUT2D eigenvalue weighted by Gasteiger charge is 2.32. The minimum Gasteiger partial charge on any atom is -0.446 e. The second kappa shape index (κ2) is 4.87. The Balaban J connectivity index is 1.76. The quantitative estimate of drug-likeness (QED) is 0.701. The topological polar surface area (TPSA) is 29.5 Å². The summed E-state index contributed by atoms with van der Waals surface area (Å²) < 4.78 is 5.43.